The number of hydrogen-bond acceptors (Lipinski definition) is 4. The summed E-state index contributed by atoms with van der Waals surface area (Å²) in [5.41, 5.74) is 8.81. The predicted octanol–water partition coefficient (Wildman–Crippen LogP) is 2.28. The molecule has 22 heavy (non-hydrogen) atoms. The summed E-state index contributed by atoms with van der Waals surface area (Å²) in [6, 6.07) is 14.4. The number of ether oxygens (including phenoxy) is 2. The van der Waals surface area contributed by atoms with Gasteiger partial charge in [-0.2, -0.15) is 5.10 Å². The molecule has 2 amide bonds. The average Bonchev–Trinajstić information content (AvgIpc) is 2.54. The number of nitrogens with zero attached hydrogens (tertiary/aromatic N) is 1. The standard InChI is InChI=1S/C16H17N3O3/c1-21-14-9-5-8-13(10-18-19-16(17)20)15(14)22-11-12-6-3-2-4-7-12/h2-10H,11H2,1H3,(H3,17,19,20)/b18-10-. The van der Waals surface area contributed by atoms with Crippen LogP contribution in [0.25, 0.3) is 0 Å². The van der Waals surface area contributed by atoms with Crippen LogP contribution < -0.4 is 20.6 Å². The molecule has 0 saturated heterocycles. The van der Waals surface area contributed by atoms with Gasteiger partial charge in [0.1, 0.15) is 6.61 Å². The van der Waals surface area contributed by atoms with Crippen LogP contribution in [0.5, 0.6) is 11.5 Å². The van der Waals surface area contributed by atoms with Gasteiger partial charge in [0.25, 0.3) is 0 Å². The van der Waals surface area contributed by atoms with E-state index in [-0.39, 0.29) is 0 Å². The molecule has 0 fully saturated rings. The molecule has 0 heterocycles. The number of hydrazone groups is 1. The Bertz CT molecular complexity index is 657. The van der Waals surface area contributed by atoms with E-state index in [1.165, 1.54) is 6.21 Å². The van der Waals surface area contributed by atoms with Crippen molar-refractivity contribution in [1.29, 1.82) is 0 Å². The molecule has 0 bridgehead atoms. The van der Waals surface area contributed by atoms with Crippen LogP contribution in [0.2, 0.25) is 0 Å². The lowest BCUT2D eigenvalue weighted by Gasteiger charge is -2.13. The summed E-state index contributed by atoms with van der Waals surface area (Å²) < 4.78 is 11.1. The maximum absolute atomic E-state index is 10.6. The summed E-state index contributed by atoms with van der Waals surface area (Å²) in [4.78, 5) is 10.6. The number of carbonyl (C=O) groups is 1. The Labute approximate surface area is 128 Å². The van der Waals surface area contributed by atoms with Crippen molar-refractivity contribution >= 4 is 12.2 Å². The van der Waals surface area contributed by atoms with Gasteiger partial charge >= 0.3 is 6.03 Å². The van der Waals surface area contributed by atoms with Gasteiger partial charge in [0, 0.05) is 5.56 Å². The molecule has 0 aliphatic heterocycles. The van der Waals surface area contributed by atoms with E-state index in [0.29, 0.717) is 23.7 Å². The Morgan fingerprint density at radius 3 is 2.68 bits per heavy atom. The van der Waals surface area contributed by atoms with E-state index in [1.807, 2.05) is 30.3 Å². The number of rotatable bonds is 6. The van der Waals surface area contributed by atoms with Crippen LogP contribution in [0.1, 0.15) is 11.1 Å². The molecule has 2 aromatic carbocycles. The molecule has 2 aromatic rings. The minimum absolute atomic E-state index is 0.394. The van der Waals surface area contributed by atoms with Crippen LogP contribution in [-0.4, -0.2) is 19.4 Å². The van der Waals surface area contributed by atoms with Gasteiger partial charge in [-0.05, 0) is 17.7 Å². The summed E-state index contributed by atoms with van der Waals surface area (Å²) in [5.74, 6) is 1.13. The summed E-state index contributed by atoms with van der Waals surface area (Å²) in [6.45, 7) is 0.394. The molecule has 0 atom stereocenters. The van der Waals surface area contributed by atoms with Crippen molar-refractivity contribution in [3.63, 3.8) is 0 Å². The highest BCUT2D eigenvalue weighted by Crippen LogP contribution is 2.30. The lowest BCUT2D eigenvalue weighted by Crippen LogP contribution is -2.24. The van der Waals surface area contributed by atoms with Crippen molar-refractivity contribution in [2.75, 3.05) is 7.11 Å². The minimum Gasteiger partial charge on any atom is -0.493 e. The molecule has 0 aromatic heterocycles. The number of amides is 2. The topological polar surface area (TPSA) is 85.9 Å². The quantitative estimate of drug-likeness (QED) is 0.633. The fourth-order valence-corrected chi connectivity index (χ4v) is 1.84. The maximum atomic E-state index is 10.6. The first kappa shape index (κ1) is 15.4. The second kappa shape index (κ2) is 7.68. The Kier molecular flexibility index (Phi) is 5.37. The van der Waals surface area contributed by atoms with Gasteiger partial charge in [-0.3, -0.25) is 0 Å². The zero-order chi connectivity index (χ0) is 15.8. The fourth-order valence-electron chi connectivity index (χ4n) is 1.84. The van der Waals surface area contributed by atoms with Crippen LogP contribution in [0.15, 0.2) is 53.6 Å². The first-order chi connectivity index (χ1) is 10.7. The molecule has 2 rings (SSSR count). The van der Waals surface area contributed by atoms with E-state index in [9.17, 15) is 4.79 Å². The van der Waals surface area contributed by atoms with Crippen molar-refractivity contribution in [3.05, 3.63) is 59.7 Å². The Morgan fingerprint density at radius 2 is 2.00 bits per heavy atom. The number of methoxy groups -OCH3 is 1. The molecule has 0 aliphatic carbocycles. The number of benzene rings is 2. The maximum Gasteiger partial charge on any atom is 0.332 e. The third kappa shape index (κ3) is 4.24. The van der Waals surface area contributed by atoms with E-state index >= 15 is 0 Å². The van der Waals surface area contributed by atoms with Gasteiger partial charge in [-0.25, -0.2) is 10.2 Å². The molecule has 6 nitrogen and oxygen atoms in total. The molecule has 0 saturated carbocycles. The molecule has 0 spiro atoms. The van der Waals surface area contributed by atoms with Gasteiger partial charge in [0.15, 0.2) is 11.5 Å². The van der Waals surface area contributed by atoms with E-state index in [2.05, 4.69) is 10.5 Å². The summed E-state index contributed by atoms with van der Waals surface area (Å²) >= 11 is 0. The number of primary amides is 1. The zero-order valence-corrected chi connectivity index (χ0v) is 12.2. The van der Waals surface area contributed by atoms with E-state index < -0.39 is 6.03 Å². The largest absolute Gasteiger partial charge is 0.493 e. The van der Waals surface area contributed by atoms with Crippen molar-refractivity contribution in [3.8, 4) is 11.5 Å². The molecule has 0 aliphatic rings. The third-order valence-electron chi connectivity index (χ3n) is 2.83. The third-order valence-corrected chi connectivity index (χ3v) is 2.83. The normalized spacial score (nSPS) is 10.4. The second-order valence-electron chi connectivity index (χ2n) is 4.39. The lowest BCUT2D eigenvalue weighted by atomic mass is 10.2. The molecule has 0 unspecified atom stereocenters. The summed E-state index contributed by atoms with van der Waals surface area (Å²) in [5, 5.41) is 3.75. The number of carbonyl (C=O) groups excluding carboxylic acids is 1. The molecule has 114 valence electrons. The van der Waals surface area contributed by atoms with Crippen LogP contribution in [0.4, 0.5) is 4.79 Å². The van der Waals surface area contributed by atoms with Gasteiger partial charge in [-0.1, -0.05) is 36.4 Å². The van der Waals surface area contributed by atoms with Crippen molar-refractivity contribution in [1.82, 2.24) is 5.43 Å². The number of para-hydroxylation sites is 1. The number of urea groups is 1. The first-order valence-electron chi connectivity index (χ1n) is 6.63. The van der Waals surface area contributed by atoms with Gasteiger partial charge in [0.05, 0.1) is 13.3 Å². The zero-order valence-electron chi connectivity index (χ0n) is 12.2. The second-order valence-corrected chi connectivity index (χ2v) is 4.39. The molecular formula is C16H17N3O3. The van der Waals surface area contributed by atoms with Gasteiger partial charge in [-0.15, -0.1) is 0 Å². The van der Waals surface area contributed by atoms with Crippen LogP contribution >= 0.6 is 0 Å². The van der Waals surface area contributed by atoms with Gasteiger partial charge in [0.2, 0.25) is 0 Å². The highest BCUT2D eigenvalue weighted by atomic mass is 16.5. The summed E-state index contributed by atoms with van der Waals surface area (Å²) in [6.07, 6.45) is 1.45. The monoisotopic (exact) mass is 299 g/mol. The van der Waals surface area contributed by atoms with Gasteiger partial charge < -0.3 is 15.2 Å². The lowest BCUT2D eigenvalue weighted by molar-refractivity contribution is 0.249. The molecular weight excluding hydrogens is 282 g/mol. The number of hydrogen-bond donors (Lipinski definition) is 2. The summed E-state index contributed by atoms with van der Waals surface area (Å²) in [7, 11) is 1.56. The van der Waals surface area contributed by atoms with E-state index in [0.717, 1.165) is 5.56 Å². The first-order valence-corrected chi connectivity index (χ1v) is 6.63. The van der Waals surface area contributed by atoms with Crippen LogP contribution in [0, 0.1) is 0 Å². The van der Waals surface area contributed by atoms with Crippen LogP contribution in [0.3, 0.4) is 0 Å². The number of nitrogens with one attached hydrogen (secondary N) is 1. The predicted molar refractivity (Wildman–Crippen MR) is 84.1 cm³/mol. The average molecular weight is 299 g/mol. The molecule has 3 N–H and O–H groups in total. The molecule has 6 heteroatoms. The Balaban J connectivity index is 2.19. The number of nitrogens with two attached hydrogens (primary N) is 1. The smallest absolute Gasteiger partial charge is 0.332 e. The Morgan fingerprint density at radius 1 is 1.23 bits per heavy atom. The highest BCUT2D eigenvalue weighted by molar-refractivity contribution is 5.86. The highest BCUT2D eigenvalue weighted by Gasteiger charge is 2.09. The Hall–Kier alpha value is -3.02. The fraction of sp³-hybridized carbons (Fsp3) is 0.125. The van der Waals surface area contributed by atoms with Crippen molar-refractivity contribution < 1.29 is 14.3 Å². The van der Waals surface area contributed by atoms with E-state index in [1.54, 1.807) is 25.3 Å². The molecule has 0 radical (unpaired) electrons. The van der Waals surface area contributed by atoms with Crippen molar-refractivity contribution in [2.24, 2.45) is 10.8 Å². The SMILES string of the molecule is COc1cccc(/C=N\NC(N)=O)c1OCc1ccccc1. The minimum atomic E-state index is -0.731. The van der Waals surface area contributed by atoms with E-state index in [4.69, 9.17) is 15.2 Å². The van der Waals surface area contributed by atoms with Crippen LogP contribution in [-0.2, 0) is 6.61 Å². The van der Waals surface area contributed by atoms with Crippen molar-refractivity contribution in [2.45, 2.75) is 6.61 Å².